The van der Waals surface area contributed by atoms with Gasteiger partial charge in [-0.2, -0.15) is 5.26 Å². The lowest BCUT2D eigenvalue weighted by molar-refractivity contribution is -0.384. The second kappa shape index (κ2) is 5.68. The smallest absolute Gasteiger partial charge is 0.275 e. The lowest BCUT2D eigenvalue weighted by Gasteiger charge is -2.13. The van der Waals surface area contributed by atoms with Crippen molar-refractivity contribution in [3.05, 3.63) is 73.5 Å². The van der Waals surface area contributed by atoms with Crippen LogP contribution in [0.4, 0.5) is 11.4 Å². The predicted octanol–water partition coefficient (Wildman–Crippen LogP) is 3.01. The van der Waals surface area contributed by atoms with E-state index in [1.807, 2.05) is 0 Å². The Balaban J connectivity index is 2.50. The molecule has 0 saturated heterocycles. The quantitative estimate of drug-likeness (QED) is 0.568. The van der Waals surface area contributed by atoms with Gasteiger partial charge in [0, 0.05) is 22.5 Å². The first-order valence-corrected chi connectivity index (χ1v) is 7.10. The Hall–Kier alpha value is -3.37. The van der Waals surface area contributed by atoms with Gasteiger partial charge < -0.3 is 5.73 Å². The van der Waals surface area contributed by atoms with Crippen molar-refractivity contribution in [3.63, 3.8) is 0 Å². The first-order valence-electron chi connectivity index (χ1n) is 6.72. The van der Waals surface area contributed by atoms with Gasteiger partial charge in [0.05, 0.1) is 21.8 Å². The molecule has 0 unspecified atom stereocenters. The summed E-state index contributed by atoms with van der Waals surface area (Å²) in [5.41, 5.74) is 5.52. The summed E-state index contributed by atoms with van der Waals surface area (Å²) >= 11 is 6.01. The van der Waals surface area contributed by atoms with Crippen molar-refractivity contribution in [1.82, 2.24) is 4.57 Å². The van der Waals surface area contributed by atoms with Gasteiger partial charge in [-0.3, -0.25) is 19.5 Å². The second-order valence-electron chi connectivity index (χ2n) is 4.98. The number of nitro benzene ring substituents is 1. The van der Waals surface area contributed by atoms with Crippen LogP contribution in [0.3, 0.4) is 0 Å². The SMILES string of the molecule is N#Cc1c(N)c2ccc(Cl)cc2n(-c2cccc([N+](=O)[O-])c2)c1=O. The van der Waals surface area contributed by atoms with Gasteiger partial charge in [-0.25, -0.2) is 0 Å². The number of rotatable bonds is 2. The van der Waals surface area contributed by atoms with Crippen LogP contribution in [0, 0.1) is 21.4 Å². The Labute approximate surface area is 140 Å². The topological polar surface area (TPSA) is 115 Å². The van der Waals surface area contributed by atoms with E-state index >= 15 is 0 Å². The Morgan fingerprint density at radius 3 is 2.67 bits per heavy atom. The zero-order chi connectivity index (χ0) is 17.4. The summed E-state index contributed by atoms with van der Waals surface area (Å²) in [5, 5.41) is 21.1. The number of fused-ring (bicyclic) bond motifs is 1. The molecule has 3 rings (SSSR count). The standard InChI is InChI=1S/C16H9ClN4O3/c17-9-4-5-12-14(6-9)20(16(22)13(8-18)15(12)19)10-2-1-3-11(7-10)21(23)24/h1-7H,19H2. The number of halogens is 1. The Morgan fingerprint density at radius 2 is 2.00 bits per heavy atom. The highest BCUT2D eigenvalue weighted by molar-refractivity contribution is 6.31. The summed E-state index contributed by atoms with van der Waals surface area (Å²) in [4.78, 5) is 23.1. The number of nitrogen functional groups attached to an aromatic ring is 1. The van der Waals surface area contributed by atoms with Gasteiger partial charge >= 0.3 is 0 Å². The molecule has 118 valence electrons. The maximum absolute atomic E-state index is 12.7. The van der Waals surface area contributed by atoms with E-state index < -0.39 is 10.5 Å². The molecule has 0 bridgehead atoms. The van der Waals surface area contributed by atoms with Crippen LogP contribution >= 0.6 is 11.6 Å². The lowest BCUT2D eigenvalue weighted by atomic mass is 10.1. The number of nitro groups is 1. The first-order chi connectivity index (χ1) is 11.4. The maximum atomic E-state index is 12.7. The molecule has 0 spiro atoms. The molecular formula is C16H9ClN4O3. The Bertz CT molecular complexity index is 1100. The number of hydrogen-bond donors (Lipinski definition) is 1. The predicted molar refractivity (Wildman–Crippen MR) is 90.3 cm³/mol. The molecule has 0 saturated carbocycles. The van der Waals surface area contributed by atoms with Crippen molar-refractivity contribution < 1.29 is 4.92 Å². The number of benzene rings is 2. The van der Waals surface area contributed by atoms with E-state index in [1.54, 1.807) is 18.2 Å². The van der Waals surface area contributed by atoms with Crippen molar-refractivity contribution in [2.45, 2.75) is 0 Å². The molecule has 0 fully saturated rings. The third kappa shape index (κ3) is 2.35. The summed E-state index contributed by atoms with van der Waals surface area (Å²) in [6, 6.07) is 12.1. The molecule has 0 aliphatic rings. The van der Waals surface area contributed by atoms with E-state index in [0.717, 1.165) is 0 Å². The molecule has 8 heteroatoms. The largest absolute Gasteiger partial charge is 0.397 e. The number of hydrogen-bond acceptors (Lipinski definition) is 5. The maximum Gasteiger partial charge on any atom is 0.275 e. The molecule has 0 aliphatic heterocycles. The average Bonchev–Trinajstić information content (AvgIpc) is 2.55. The summed E-state index contributed by atoms with van der Waals surface area (Å²) in [7, 11) is 0. The van der Waals surface area contributed by atoms with Gasteiger partial charge in [-0.1, -0.05) is 17.7 Å². The van der Waals surface area contributed by atoms with Crippen LogP contribution < -0.4 is 11.3 Å². The molecule has 0 radical (unpaired) electrons. The van der Waals surface area contributed by atoms with Crippen LogP contribution in [0.15, 0.2) is 47.3 Å². The molecular weight excluding hydrogens is 332 g/mol. The fourth-order valence-electron chi connectivity index (χ4n) is 2.50. The van der Waals surface area contributed by atoms with Gasteiger partial charge in [0.1, 0.15) is 11.6 Å². The van der Waals surface area contributed by atoms with Crippen molar-refractivity contribution in [2.75, 3.05) is 5.73 Å². The van der Waals surface area contributed by atoms with E-state index in [-0.39, 0.29) is 22.6 Å². The zero-order valence-electron chi connectivity index (χ0n) is 12.1. The van der Waals surface area contributed by atoms with Crippen molar-refractivity contribution >= 4 is 33.9 Å². The number of nitrogens with two attached hydrogens (primary N) is 1. The Kier molecular flexibility index (Phi) is 3.67. The fourth-order valence-corrected chi connectivity index (χ4v) is 2.67. The van der Waals surface area contributed by atoms with E-state index in [1.165, 1.54) is 34.9 Å². The third-order valence-electron chi connectivity index (χ3n) is 3.59. The molecule has 7 nitrogen and oxygen atoms in total. The van der Waals surface area contributed by atoms with Gasteiger partial charge in [0.2, 0.25) is 0 Å². The van der Waals surface area contributed by atoms with Crippen molar-refractivity contribution in [2.24, 2.45) is 0 Å². The van der Waals surface area contributed by atoms with E-state index in [4.69, 9.17) is 17.3 Å². The lowest BCUT2D eigenvalue weighted by Crippen LogP contribution is -2.23. The molecule has 0 amide bonds. The molecule has 0 atom stereocenters. The molecule has 3 aromatic rings. The number of non-ortho nitro benzene ring substituents is 1. The zero-order valence-corrected chi connectivity index (χ0v) is 12.8. The molecule has 1 aromatic heterocycles. The molecule has 24 heavy (non-hydrogen) atoms. The van der Waals surface area contributed by atoms with Crippen molar-refractivity contribution in [3.8, 4) is 11.8 Å². The first kappa shape index (κ1) is 15.5. The summed E-state index contributed by atoms with van der Waals surface area (Å²) in [6.45, 7) is 0. The highest BCUT2D eigenvalue weighted by Gasteiger charge is 2.17. The molecule has 2 N–H and O–H groups in total. The number of nitriles is 1. The summed E-state index contributed by atoms with van der Waals surface area (Å²) in [5.74, 6) is 0. The number of pyridine rings is 1. The highest BCUT2D eigenvalue weighted by Crippen LogP contribution is 2.28. The van der Waals surface area contributed by atoms with Crippen LogP contribution in [0.2, 0.25) is 5.02 Å². The summed E-state index contributed by atoms with van der Waals surface area (Å²) < 4.78 is 1.20. The third-order valence-corrected chi connectivity index (χ3v) is 3.82. The van der Waals surface area contributed by atoms with Gasteiger partial charge in [-0.15, -0.1) is 0 Å². The minimum absolute atomic E-state index is 0.0517. The van der Waals surface area contributed by atoms with Crippen LogP contribution in [0.25, 0.3) is 16.6 Å². The molecule has 2 aromatic carbocycles. The van der Waals surface area contributed by atoms with Crippen LogP contribution in [0.5, 0.6) is 0 Å². The normalized spacial score (nSPS) is 10.5. The van der Waals surface area contributed by atoms with Gasteiger partial charge in [0.25, 0.3) is 11.2 Å². The van der Waals surface area contributed by atoms with Gasteiger partial charge in [0.15, 0.2) is 0 Å². The van der Waals surface area contributed by atoms with E-state index in [2.05, 4.69) is 0 Å². The van der Waals surface area contributed by atoms with E-state index in [0.29, 0.717) is 15.9 Å². The minimum Gasteiger partial charge on any atom is -0.397 e. The molecule has 0 aliphatic carbocycles. The summed E-state index contributed by atoms with van der Waals surface area (Å²) in [6.07, 6.45) is 0. The monoisotopic (exact) mass is 340 g/mol. The molecule has 1 heterocycles. The highest BCUT2D eigenvalue weighted by atomic mass is 35.5. The fraction of sp³-hybridized carbons (Fsp3) is 0. The number of anilines is 1. The van der Waals surface area contributed by atoms with Crippen molar-refractivity contribution in [1.29, 1.82) is 5.26 Å². The minimum atomic E-state index is -0.662. The van der Waals surface area contributed by atoms with Crippen LogP contribution in [-0.2, 0) is 0 Å². The number of nitrogens with zero attached hydrogens (tertiary/aromatic N) is 3. The number of aromatic nitrogens is 1. The van der Waals surface area contributed by atoms with Crippen LogP contribution in [0.1, 0.15) is 5.56 Å². The van der Waals surface area contributed by atoms with Gasteiger partial charge in [-0.05, 0) is 24.3 Å². The van der Waals surface area contributed by atoms with Crippen LogP contribution in [-0.4, -0.2) is 9.49 Å². The Morgan fingerprint density at radius 1 is 1.25 bits per heavy atom. The second-order valence-corrected chi connectivity index (χ2v) is 5.42. The van der Waals surface area contributed by atoms with E-state index in [9.17, 15) is 20.2 Å². The average molecular weight is 341 g/mol.